The molecule has 4 N–H and O–H groups in total. The molecule has 0 fully saturated rings. The van der Waals surface area contributed by atoms with Crippen LogP contribution in [0.2, 0.25) is 51.4 Å². The van der Waals surface area contributed by atoms with Crippen molar-refractivity contribution in [3.05, 3.63) is 112 Å². The molecule has 2 aromatic carbocycles. The lowest BCUT2D eigenvalue weighted by Gasteiger charge is -2.21. The molecule has 4 amide bonds. The Hall–Kier alpha value is -6.88. The Balaban J connectivity index is 0.000000537. The molecule has 4 atom stereocenters. The molecule has 572 valence electrons. The first kappa shape index (κ1) is 90.3. The van der Waals surface area contributed by atoms with Crippen LogP contribution in [0.3, 0.4) is 0 Å². The quantitative estimate of drug-likeness (QED) is 0.0102. The molecule has 3 aromatic rings. The molecule has 0 unspecified atom stereocenters. The van der Waals surface area contributed by atoms with E-state index in [9.17, 15) is 47.9 Å². The van der Waals surface area contributed by atoms with Gasteiger partial charge >= 0.3 is 36.1 Å². The molecule has 0 spiro atoms. The van der Waals surface area contributed by atoms with Crippen LogP contribution in [0.15, 0.2) is 90.0 Å². The lowest BCUT2D eigenvalue weighted by Crippen LogP contribution is -2.45. The second-order valence-electron chi connectivity index (χ2n) is 28.6. The number of hydrogen-bond donors (Lipinski definition) is 4. The first-order valence-corrected chi connectivity index (χ1v) is 46.8. The molecule has 21 nitrogen and oxygen atoms in total. The summed E-state index contributed by atoms with van der Waals surface area (Å²) >= 11 is 3.73. The predicted octanol–water partition coefficient (Wildman–Crippen LogP) is 16.5. The lowest BCUT2D eigenvalue weighted by atomic mass is 9.98. The average molecular weight is 1520 g/mol. The first-order valence-electron chi connectivity index (χ1n) is 36.6. The Labute approximate surface area is 626 Å². The van der Waals surface area contributed by atoms with Crippen molar-refractivity contribution in [3.63, 3.8) is 0 Å². The summed E-state index contributed by atoms with van der Waals surface area (Å²) in [7, 11) is -2.82. The Morgan fingerprint density at radius 2 is 1.08 bits per heavy atom. The summed E-state index contributed by atoms with van der Waals surface area (Å²) in [6, 6.07) is 15.8. The van der Waals surface area contributed by atoms with Crippen LogP contribution in [-0.2, 0) is 68.5 Å². The Morgan fingerprint density at radius 1 is 0.612 bits per heavy atom. The van der Waals surface area contributed by atoms with Crippen molar-refractivity contribution < 1.29 is 76.4 Å². The molecule has 1 aliphatic rings. The highest BCUT2D eigenvalue weighted by Gasteiger charge is 2.32. The summed E-state index contributed by atoms with van der Waals surface area (Å²) < 4.78 is 33.2. The zero-order chi connectivity index (χ0) is 76.4. The number of nitrogens with zero attached hydrogens (tertiary/aromatic N) is 1. The van der Waals surface area contributed by atoms with E-state index in [4.69, 9.17) is 28.4 Å². The van der Waals surface area contributed by atoms with Gasteiger partial charge in [-0.15, -0.1) is 11.3 Å². The minimum atomic E-state index is -1.43. The van der Waals surface area contributed by atoms with Crippen LogP contribution in [0.4, 0.5) is 9.59 Å². The summed E-state index contributed by atoms with van der Waals surface area (Å²) in [5.74, 6) is -2.70. The number of thioether (sulfide) groups is 2. The molecule has 1 heterocycles. The monoisotopic (exact) mass is 1520 g/mol. The number of allylic oxidation sites excluding steroid dienone is 3. The predicted molar refractivity (Wildman–Crippen MR) is 417 cm³/mol. The van der Waals surface area contributed by atoms with Gasteiger partial charge < -0.3 is 49.7 Å². The Morgan fingerprint density at radius 3 is 1.52 bits per heavy atom. The first-order chi connectivity index (χ1) is 48.9. The third kappa shape index (κ3) is 39.2. The molecule has 1 aliphatic carbocycles. The lowest BCUT2D eigenvalue weighted by molar-refractivity contribution is -0.156. The maximum Gasteiger partial charge on any atom is 0.408 e. The second kappa shape index (κ2) is 49.0. The van der Waals surface area contributed by atoms with Gasteiger partial charge in [-0.1, -0.05) is 209 Å². The molecular weight excluding hydrogens is 1400 g/mol. The normalized spacial score (nSPS) is 13.4. The molecule has 1 aromatic heterocycles. The molecule has 4 rings (SSSR count). The number of nitrogens with one attached hydrogen (secondary N) is 4. The largest absolute Gasteiger partial charge is 0.466 e. The number of fused-ring (bicyclic) bond motifs is 3. The van der Waals surface area contributed by atoms with E-state index in [1.807, 2.05) is 42.5 Å². The molecule has 0 radical (unpaired) electrons. The second-order valence-corrected chi connectivity index (χ2v) is 43.1. The molecule has 0 saturated carbocycles. The minimum Gasteiger partial charge on any atom is -0.466 e. The van der Waals surface area contributed by atoms with Crippen molar-refractivity contribution in [2.75, 3.05) is 31.3 Å². The van der Waals surface area contributed by atoms with Crippen molar-refractivity contribution in [2.24, 2.45) is 0 Å². The minimum absolute atomic E-state index is 0.0381. The van der Waals surface area contributed by atoms with Crippen LogP contribution in [0, 0.1) is 0 Å². The van der Waals surface area contributed by atoms with Gasteiger partial charge in [0.15, 0.2) is 10.2 Å². The van der Waals surface area contributed by atoms with E-state index >= 15 is 0 Å². The average Bonchev–Trinajstić information content (AvgIpc) is 1.62. The number of hydrogen-bond acceptors (Lipinski definition) is 20. The van der Waals surface area contributed by atoms with E-state index in [1.54, 1.807) is 59.8 Å². The van der Waals surface area contributed by atoms with Crippen LogP contribution >= 0.6 is 34.9 Å². The number of esters is 4. The number of thiazole rings is 1. The zero-order valence-corrected chi connectivity index (χ0v) is 68.0. The number of rotatable bonds is 45. The van der Waals surface area contributed by atoms with Crippen molar-refractivity contribution >= 4 is 109 Å². The fourth-order valence-corrected chi connectivity index (χ4v) is 13.8. The number of carbonyl (C=O) groups excluding carboxylic acids is 10. The van der Waals surface area contributed by atoms with Crippen LogP contribution in [0.25, 0.3) is 11.1 Å². The van der Waals surface area contributed by atoms with Gasteiger partial charge in [-0.05, 0) is 113 Å². The standard InChI is InChI=1S/C39H55NO7SSi.C38H62N4O9S2Si/c1-6-8-9-10-11-23-37(42)48-25-17-16-18-29(27-36(41)45-24-26-49(3,4)5)47-38(43)35(7-2)40-39(44)46-28-34-32-21-14-12-19-30(32)31-20-13-15-22-33(31)34;1-10-13-14-15-16-20-33(44)52-22-18-17-19-27(24-32(43)49-21-23-54(7,8)9)50-36(47)29(12-3)42-34(45)28(11-2)41-35(46)30-26-53-31(40-30)25-39-37(48)51-38(4,5)6/h12-16,18-22,29,34-35H,6-11,17,23-28H2,1-5H3,(H,40,44);11,17,19,26-27,29H,10,12-16,18,20-25H2,1-9H3,(H,39,48)(H,41,46)(H,42,45)/b18-16+;19-17+,28-11-/t29-,35+;27-,29+/m11/s1. The van der Waals surface area contributed by atoms with E-state index < -0.39 is 93.9 Å². The molecule has 0 bridgehead atoms. The third-order valence-electron chi connectivity index (χ3n) is 15.9. The number of aromatic nitrogens is 1. The van der Waals surface area contributed by atoms with Crippen LogP contribution in [0.5, 0.6) is 0 Å². The van der Waals surface area contributed by atoms with Gasteiger partial charge in [0, 0.05) is 51.8 Å². The summed E-state index contributed by atoms with van der Waals surface area (Å²) in [6.07, 6.45) is 18.4. The summed E-state index contributed by atoms with van der Waals surface area (Å²) in [4.78, 5) is 132. The van der Waals surface area contributed by atoms with Crippen molar-refractivity contribution in [1.29, 1.82) is 0 Å². The number of amides is 4. The number of unbranched alkanes of at least 4 members (excludes halogenated alkanes) is 8. The summed E-state index contributed by atoms with van der Waals surface area (Å²) in [5, 5.41) is 12.6. The third-order valence-corrected chi connectivity index (χ3v) is 22.1. The zero-order valence-electron chi connectivity index (χ0n) is 63.6. The van der Waals surface area contributed by atoms with Crippen LogP contribution in [0.1, 0.15) is 204 Å². The van der Waals surface area contributed by atoms with Gasteiger partial charge in [0.1, 0.15) is 52.9 Å². The molecule has 0 aliphatic heterocycles. The van der Waals surface area contributed by atoms with E-state index in [1.165, 1.54) is 54.2 Å². The number of carbonyl (C=O) groups is 10. The summed E-state index contributed by atoms with van der Waals surface area (Å²) in [6.45, 7) is 28.5. The fraction of sp³-hybridized carbons (Fsp3) is 0.597. The SMILES string of the molecule is C/C=C(\NC(=O)c1csc(CNC(=O)OC(C)(C)C)n1)C(=O)N[C@@H](CC)C(=O)O[C@H](/C=C/CCSC(=O)CCCCCCC)CC(=O)OCC[Si](C)(C)C.CCCCCCCC(=O)SCC/C=C/[C@H](CC(=O)OCC[Si](C)(C)C)OC(=O)[C@H](CC)NC(=O)OCC1c2ccccc2-c2ccccc21. The molecule has 103 heavy (non-hydrogen) atoms. The van der Waals surface area contributed by atoms with Gasteiger partial charge in [-0.2, -0.15) is 0 Å². The van der Waals surface area contributed by atoms with Gasteiger partial charge in [0.05, 0.1) is 32.6 Å². The molecular formula is C77H117N5O16S3Si2. The number of alkyl carbamates (subject to hydrolysis) is 2. The highest BCUT2D eigenvalue weighted by atomic mass is 32.2. The van der Waals surface area contributed by atoms with Crippen LogP contribution in [-0.4, -0.2) is 140 Å². The van der Waals surface area contributed by atoms with Gasteiger partial charge in [-0.3, -0.25) is 28.8 Å². The smallest absolute Gasteiger partial charge is 0.408 e. The van der Waals surface area contributed by atoms with Crippen molar-refractivity contribution in [2.45, 2.75) is 265 Å². The molecule has 0 saturated heterocycles. The number of ether oxygens (including phenoxy) is 6. The summed E-state index contributed by atoms with van der Waals surface area (Å²) in [5.41, 5.74) is 3.72. The fourth-order valence-electron chi connectivity index (χ4n) is 10.1. The van der Waals surface area contributed by atoms with E-state index in [2.05, 4.69) is 91.5 Å². The maximum absolute atomic E-state index is 13.3. The molecule has 26 heteroatoms. The number of benzene rings is 2. The topological polar surface area (TPSA) is 287 Å². The van der Waals surface area contributed by atoms with E-state index in [-0.39, 0.29) is 73.0 Å². The highest BCUT2D eigenvalue weighted by Crippen LogP contribution is 2.44. The van der Waals surface area contributed by atoms with Gasteiger partial charge in [0.2, 0.25) is 0 Å². The Bertz CT molecular complexity index is 3220. The van der Waals surface area contributed by atoms with Crippen LogP contribution < -0.4 is 21.3 Å². The van der Waals surface area contributed by atoms with Crippen molar-refractivity contribution in [3.8, 4) is 11.1 Å². The Kier molecular flexibility index (Phi) is 43.0. The van der Waals surface area contributed by atoms with E-state index in [0.717, 1.165) is 90.6 Å². The maximum atomic E-state index is 13.3. The van der Waals surface area contributed by atoms with Gasteiger partial charge in [0.25, 0.3) is 11.8 Å². The van der Waals surface area contributed by atoms with Gasteiger partial charge in [-0.25, -0.2) is 24.2 Å². The highest BCUT2D eigenvalue weighted by molar-refractivity contribution is 8.13. The van der Waals surface area contributed by atoms with E-state index in [0.29, 0.717) is 48.8 Å². The van der Waals surface area contributed by atoms with Crippen molar-refractivity contribution in [1.82, 2.24) is 26.3 Å².